The molecule has 0 atom stereocenters. The summed E-state index contributed by atoms with van der Waals surface area (Å²) in [4.78, 5) is 45.3. The van der Waals surface area contributed by atoms with Gasteiger partial charge < -0.3 is 25.3 Å². The highest BCUT2D eigenvalue weighted by Gasteiger charge is 2.27. The van der Waals surface area contributed by atoms with E-state index in [1.807, 2.05) is 28.0 Å². The molecule has 3 amide bonds. The second-order valence-corrected chi connectivity index (χ2v) is 10.8. The third-order valence-corrected chi connectivity index (χ3v) is 8.10. The lowest BCUT2D eigenvalue weighted by Crippen LogP contribution is -2.49. The lowest BCUT2D eigenvalue weighted by atomic mass is 9.88. The number of rotatable bonds is 5. The van der Waals surface area contributed by atoms with Crippen LogP contribution in [-0.2, 0) is 4.79 Å². The summed E-state index contributed by atoms with van der Waals surface area (Å²) in [5.41, 5.74) is 2.74. The normalized spacial score (nSPS) is 18.8. The SMILES string of the molecule is O=C(Nc1cc(C(=O)N2CCNCC2)ccc1N1CCN(C(=O)c2cccc(Cl)c2)CC1)C1CCCCC1. The highest BCUT2D eigenvalue weighted by Crippen LogP contribution is 2.32. The summed E-state index contributed by atoms with van der Waals surface area (Å²) in [6.07, 6.45) is 5.15. The first-order valence-corrected chi connectivity index (χ1v) is 14.1. The number of anilines is 2. The van der Waals surface area contributed by atoms with E-state index in [4.69, 9.17) is 11.6 Å². The van der Waals surface area contributed by atoms with Crippen LogP contribution in [0.3, 0.4) is 0 Å². The molecule has 8 nitrogen and oxygen atoms in total. The molecule has 0 aromatic heterocycles. The average Bonchev–Trinajstić information content (AvgIpc) is 2.97. The first-order chi connectivity index (χ1) is 18.5. The van der Waals surface area contributed by atoms with Crippen LogP contribution in [0.4, 0.5) is 11.4 Å². The molecule has 0 bridgehead atoms. The van der Waals surface area contributed by atoms with Crippen molar-refractivity contribution < 1.29 is 14.4 Å². The van der Waals surface area contributed by atoms with E-state index in [1.54, 1.807) is 24.3 Å². The maximum absolute atomic E-state index is 13.2. The van der Waals surface area contributed by atoms with Crippen LogP contribution in [0.1, 0.15) is 52.8 Å². The Morgan fingerprint density at radius 3 is 2.13 bits per heavy atom. The highest BCUT2D eigenvalue weighted by molar-refractivity contribution is 6.31. The topological polar surface area (TPSA) is 85.0 Å². The molecule has 2 saturated heterocycles. The molecular weight excluding hydrogens is 502 g/mol. The van der Waals surface area contributed by atoms with Crippen molar-refractivity contribution in [1.82, 2.24) is 15.1 Å². The summed E-state index contributed by atoms with van der Waals surface area (Å²) < 4.78 is 0. The van der Waals surface area contributed by atoms with Gasteiger partial charge in [-0.15, -0.1) is 0 Å². The zero-order chi connectivity index (χ0) is 26.5. The zero-order valence-electron chi connectivity index (χ0n) is 21.8. The molecule has 1 aliphatic carbocycles. The lowest BCUT2D eigenvalue weighted by Gasteiger charge is -2.37. The van der Waals surface area contributed by atoms with Crippen molar-refractivity contribution in [3.05, 3.63) is 58.6 Å². The fourth-order valence-corrected chi connectivity index (χ4v) is 5.84. The second-order valence-electron chi connectivity index (χ2n) is 10.4. The monoisotopic (exact) mass is 537 g/mol. The number of halogens is 1. The van der Waals surface area contributed by atoms with Gasteiger partial charge in [0.1, 0.15) is 0 Å². The number of nitrogens with one attached hydrogen (secondary N) is 2. The van der Waals surface area contributed by atoms with Crippen molar-refractivity contribution in [3.8, 4) is 0 Å². The summed E-state index contributed by atoms with van der Waals surface area (Å²) in [5, 5.41) is 7.01. The summed E-state index contributed by atoms with van der Waals surface area (Å²) in [5.74, 6) is 0.00174. The number of carbonyl (C=O) groups excluding carboxylic acids is 3. The van der Waals surface area contributed by atoms with Crippen molar-refractivity contribution in [2.45, 2.75) is 32.1 Å². The molecule has 2 heterocycles. The van der Waals surface area contributed by atoms with E-state index in [9.17, 15) is 14.4 Å². The van der Waals surface area contributed by atoms with Crippen LogP contribution in [-0.4, -0.2) is 79.9 Å². The maximum atomic E-state index is 13.2. The molecule has 0 spiro atoms. The third kappa shape index (κ3) is 6.13. The van der Waals surface area contributed by atoms with Crippen LogP contribution in [0.2, 0.25) is 5.02 Å². The zero-order valence-corrected chi connectivity index (χ0v) is 22.5. The average molecular weight is 538 g/mol. The molecule has 2 N–H and O–H groups in total. The van der Waals surface area contributed by atoms with Crippen molar-refractivity contribution >= 4 is 40.7 Å². The molecule has 202 valence electrons. The summed E-state index contributed by atoms with van der Waals surface area (Å²) in [7, 11) is 0. The lowest BCUT2D eigenvalue weighted by molar-refractivity contribution is -0.120. The van der Waals surface area contributed by atoms with Crippen LogP contribution in [0.15, 0.2) is 42.5 Å². The Morgan fingerprint density at radius 1 is 0.789 bits per heavy atom. The molecule has 9 heteroatoms. The van der Waals surface area contributed by atoms with Gasteiger partial charge in [0.25, 0.3) is 11.8 Å². The molecule has 2 aliphatic heterocycles. The van der Waals surface area contributed by atoms with Gasteiger partial charge in [-0.25, -0.2) is 0 Å². The Kier molecular flexibility index (Phi) is 8.49. The van der Waals surface area contributed by atoms with E-state index in [0.29, 0.717) is 61.1 Å². The molecule has 3 aliphatic rings. The minimum atomic E-state index is -0.0325. The van der Waals surface area contributed by atoms with E-state index in [1.165, 1.54) is 6.42 Å². The van der Waals surface area contributed by atoms with Crippen LogP contribution in [0.25, 0.3) is 0 Å². The number of amides is 3. The number of hydrogen-bond acceptors (Lipinski definition) is 5. The largest absolute Gasteiger partial charge is 0.366 e. The molecule has 2 aromatic carbocycles. The molecule has 5 rings (SSSR count). The van der Waals surface area contributed by atoms with Gasteiger partial charge in [0.05, 0.1) is 11.4 Å². The predicted octanol–water partition coefficient (Wildman–Crippen LogP) is 3.87. The van der Waals surface area contributed by atoms with E-state index in [0.717, 1.165) is 44.5 Å². The fourth-order valence-electron chi connectivity index (χ4n) is 5.65. The Bertz CT molecular complexity index is 1170. The Morgan fingerprint density at radius 2 is 1.45 bits per heavy atom. The van der Waals surface area contributed by atoms with Crippen LogP contribution in [0.5, 0.6) is 0 Å². The number of nitrogens with zero attached hydrogens (tertiary/aromatic N) is 3. The molecule has 38 heavy (non-hydrogen) atoms. The Labute approximate surface area is 229 Å². The number of benzene rings is 2. The van der Waals surface area contributed by atoms with E-state index in [2.05, 4.69) is 15.5 Å². The number of carbonyl (C=O) groups is 3. The molecule has 2 aromatic rings. The fraction of sp³-hybridized carbons (Fsp3) is 0.483. The second kappa shape index (κ2) is 12.2. The number of piperazine rings is 2. The van der Waals surface area contributed by atoms with Gasteiger partial charge in [0, 0.05) is 74.4 Å². The van der Waals surface area contributed by atoms with Crippen molar-refractivity contribution in [3.63, 3.8) is 0 Å². The maximum Gasteiger partial charge on any atom is 0.254 e. The summed E-state index contributed by atoms with van der Waals surface area (Å²) in [6, 6.07) is 12.7. The Hall–Kier alpha value is -3.10. The molecular formula is C29H36ClN5O3. The van der Waals surface area contributed by atoms with Gasteiger partial charge in [0.15, 0.2) is 0 Å². The third-order valence-electron chi connectivity index (χ3n) is 7.86. The van der Waals surface area contributed by atoms with Gasteiger partial charge in [-0.05, 0) is 49.2 Å². The van der Waals surface area contributed by atoms with Crippen LogP contribution in [0, 0.1) is 5.92 Å². The standard InChI is InChI=1S/C29H36ClN5O3/c30-24-8-4-7-22(19-24)28(37)35-17-15-33(16-18-35)26-10-9-23(29(38)34-13-11-31-12-14-34)20-25(26)32-27(36)21-5-2-1-3-6-21/h4,7-10,19-21,31H,1-3,5-6,11-18H2,(H,32,36). The Balaban J connectivity index is 1.33. The van der Waals surface area contributed by atoms with E-state index < -0.39 is 0 Å². The number of hydrogen-bond donors (Lipinski definition) is 2. The van der Waals surface area contributed by atoms with Gasteiger partial charge in [-0.2, -0.15) is 0 Å². The first kappa shape index (κ1) is 26.5. The van der Waals surface area contributed by atoms with Gasteiger partial charge in [0.2, 0.25) is 5.91 Å². The summed E-state index contributed by atoms with van der Waals surface area (Å²) >= 11 is 6.09. The molecule has 3 fully saturated rings. The van der Waals surface area contributed by atoms with Gasteiger partial charge >= 0.3 is 0 Å². The molecule has 1 saturated carbocycles. The quantitative estimate of drug-likeness (QED) is 0.605. The minimum absolute atomic E-state index is 0.0105. The van der Waals surface area contributed by atoms with E-state index >= 15 is 0 Å². The van der Waals surface area contributed by atoms with Crippen LogP contribution >= 0.6 is 11.6 Å². The first-order valence-electron chi connectivity index (χ1n) is 13.7. The molecule has 0 radical (unpaired) electrons. The molecule has 0 unspecified atom stereocenters. The van der Waals surface area contributed by atoms with Gasteiger partial charge in [-0.1, -0.05) is 36.9 Å². The van der Waals surface area contributed by atoms with Crippen molar-refractivity contribution in [1.29, 1.82) is 0 Å². The van der Waals surface area contributed by atoms with Crippen LogP contribution < -0.4 is 15.5 Å². The highest BCUT2D eigenvalue weighted by atomic mass is 35.5. The van der Waals surface area contributed by atoms with Crippen molar-refractivity contribution in [2.24, 2.45) is 5.92 Å². The van der Waals surface area contributed by atoms with Crippen molar-refractivity contribution in [2.75, 3.05) is 62.6 Å². The minimum Gasteiger partial charge on any atom is -0.366 e. The summed E-state index contributed by atoms with van der Waals surface area (Å²) in [6.45, 7) is 5.29. The van der Waals surface area contributed by atoms with E-state index in [-0.39, 0.29) is 23.6 Å². The smallest absolute Gasteiger partial charge is 0.254 e. The predicted molar refractivity (Wildman–Crippen MR) is 150 cm³/mol. The van der Waals surface area contributed by atoms with Gasteiger partial charge in [-0.3, -0.25) is 14.4 Å².